The van der Waals surface area contributed by atoms with Gasteiger partial charge in [0.15, 0.2) is 0 Å². The number of urea groups is 1. The zero-order chi connectivity index (χ0) is 26.4. The van der Waals surface area contributed by atoms with E-state index >= 15 is 0 Å². The van der Waals surface area contributed by atoms with Gasteiger partial charge in [-0.2, -0.15) is 0 Å². The third-order valence-electron chi connectivity index (χ3n) is 6.61. The largest absolute Gasteiger partial charge is 0.371 e. The van der Waals surface area contributed by atoms with Crippen LogP contribution in [-0.2, 0) is 0 Å². The van der Waals surface area contributed by atoms with Crippen LogP contribution in [0.3, 0.4) is 0 Å². The van der Waals surface area contributed by atoms with Crippen molar-refractivity contribution in [3.63, 3.8) is 0 Å². The van der Waals surface area contributed by atoms with E-state index in [1.54, 1.807) is 12.1 Å². The van der Waals surface area contributed by atoms with E-state index in [4.69, 9.17) is 0 Å². The minimum Gasteiger partial charge on any atom is -0.371 e. The van der Waals surface area contributed by atoms with E-state index in [0.717, 1.165) is 37.2 Å². The smallest absolute Gasteiger partial charge is 0.323 e. The van der Waals surface area contributed by atoms with E-state index in [1.807, 2.05) is 43.3 Å². The summed E-state index contributed by atoms with van der Waals surface area (Å²) in [7, 11) is 0. The third-order valence-corrected chi connectivity index (χ3v) is 6.61. The molecule has 1 unspecified atom stereocenters. The Morgan fingerprint density at radius 2 is 1.57 bits per heavy atom. The predicted molar refractivity (Wildman–Crippen MR) is 145 cm³/mol. The van der Waals surface area contributed by atoms with E-state index in [1.165, 1.54) is 24.3 Å². The molecule has 0 aromatic heterocycles. The summed E-state index contributed by atoms with van der Waals surface area (Å²) in [6.45, 7) is 5.91. The van der Waals surface area contributed by atoms with Gasteiger partial charge in [-0.25, -0.2) is 4.79 Å². The molecule has 0 aliphatic carbocycles. The predicted octanol–water partition coefficient (Wildman–Crippen LogP) is 5.97. The van der Waals surface area contributed by atoms with Crippen molar-refractivity contribution in [2.24, 2.45) is 5.92 Å². The molecule has 3 aromatic rings. The van der Waals surface area contributed by atoms with Gasteiger partial charge >= 0.3 is 6.03 Å². The van der Waals surface area contributed by atoms with Crippen LogP contribution in [0, 0.1) is 16.0 Å². The number of anilines is 3. The Kier molecular flexibility index (Phi) is 8.02. The summed E-state index contributed by atoms with van der Waals surface area (Å²) in [5.41, 5.74) is 3.15. The first-order valence-electron chi connectivity index (χ1n) is 12.4. The van der Waals surface area contributed by atoms with Crippen LogP contribution in [0.1, 0.15) is 48.7 Å². The summed E-state index contributed by atoms with van der Waals surface area (Å²) < 4.78 is 0. The number of carbonyl (C=O) groups excluding carboxylic acids is 2. The average molecular weight is 502 g/mol. The normalized spacial score (nSPS) is 14.5. The third kappa shape index (κ3) is 6.63. The number of nitro groups is 1. The van der Waals surface area contributed by atoms with Gasteiger partial charge in [0.2, 0.25) is 0 Å². The molecule has 0 radical (unpaired) electrons. The monoisotopic (exact) mass is 501 g/mol. The summed E-state index contributed by atoms with van der Waals surface area (Å²) in [5, 5.41) is 19.3. The van der Waals surface area contributed by atoms with Crippen LogP contribution in [0.25, 0.3) is 0 Å². The zero-order valence-corrected chi connectivity index (χ0v) is 20.9. The molecule has 9 heteroatoms. The zero-order valence-electron chi connectivity index (χ0n) is 20.9. The Hall–Kier alpha value is -4.40. The molecule has 1 heterocycles. The van der Waals surface area contributed by atoms with Crippen LogP contribution >= 0.6 is 0 Å². The molecule has 4 rings (SSSR count). The van der Waals surface area contributed by atoms with Crippen molar-refractivity contribution in [2.75, 3.05) is 28.6 Å². The van der Waals surface area contributed by atoms with Gasteiger partial charge in [-0.05, 0) is 61.6 Å². The first-order valence-corrected chi connectivity index (χ1v) is 12.4. The van der Waals surface area contributed by atoms with E-state index in [0.29, 0.717) is 22.9 Å². The topological polar surface area (TPSA) is 117 Å². The highest BCUT2D eigenvalue weighted by molar-refractivity contribution is 6.04. The van der Waals surface area contributed by atoms with Gasteiger partial charge in [-0.15, -0.1) is 0 Å². The van der Waals surface area contributed by atoms with Crippen LogP contribution in [0.15, 0.2) is 72.8 Å². The number of carbonyl (C=O) groups is 2. The van der Waals surface area contributed by atoms with Gasteiger partial charge < -0.3 is 20.9 Å². The summed E-state index contributed by atoms with van der Waals surface area (Å²) in [6, 6.07) is 19.9. The molecular formula is C28H31N5O4. The summed E-state index contributed by atoms with van der Waals surface area (Å²) in [6.07, 6.45) is 2.11. The number of hydrogen-bond acceptors (Lipinski definition) is 5. The lowest BCUT2D eigenvalue weighted by molar-refractivity contribution is -0.384. The number of piperidine rings is 1. The summed E-state index contributed by atoms with van der Waals surface area (Å²) in [5.74, 6) is 0.431. The van der Waals surface area contributed by atoms with Crippen molar-refractivity contribution in [1.29, 1.82) is 0 Å². The minimum atomic E-state index is -0.516. The molecule has 37 heavy (non-hydrogen) atoms. The number of non-ortho nitro benzene ring substituents is 1. The van der Waals surface area contributed by atoms with Crippen molar-refractivity contribution < 1.29 is 14.5 Å². The average Bonchev–Trinajstić information content (AvgIpc) is 2.90. The maximum atomic E-state index is 13.5. The fraction of sp³-hybridized carbons (Fsp3) is 0.286. The van der Waals surface area contributed by atoms with E-state index in [9.17, 15) is 19.7 Å². The van der Waals surface area contributed by atoms with Crippen LogP contribution < -0.4 is 20.9 Å². The summed E-state index contributed by atoms with van der Waals surface area (Å²) in [4.78, 5) is 38.6. The number of hydrogen-bond donors (Lipinski definition) is 3. The molecule has 0 saturated carbocycles. The first kappa shape index (κ1) is 25.7. The molecule has 0 spiro atoms. The van der Waals surface area contributed by atoms with Crippen molar-refractivity contribution >= 4 is 34.7 Å². The van der Waals surface area contributed by atoms with Crippen molar-refractivity contribution in [1.82, 2.24) is 5.32 Å². The number of nitrogens with one attached hydrogen (secondary N) is 3. The highest BCUT2D eigenvalue weighted by Crippen LogP contribution is 2.29. The molecule has 1 aliphatic heterocycles. The molecule has 1 atom stereocenters. The van der Waals surface area contributed by atoms with E-state index in [2.05, 4.69) is 27.8 Å². The number of amides is 3. The molecule has 1 fully saturated rings. The lowest BCUT2D eigenvalue weighted by atomic mass is 9.97. The Morgan fingerprint density at radius 3 is 2.22 bits per heavy atom. The van der Waals surface area contributed by atoms with Crippen LogP contribution in [0.5, 0.6) is 0 Å². The second-order valence-corrected chi connectivity index (χ2v) is 9.39. The number of nitro benzene ring substituents is 1. The second kappa shape index (κ2) is 11.6. The SMILES string of the molecule is CC1CCN(c2ccc(NC(=O)Nc3ccc([N+](=O)[O-])cc3)cc2C(=O)NC(C)c2ccccc2)CC1. The summed E-state index contributed by atoms with van der Waals surface area (Å²) >= 11 is 0. The van der Waals surface area contributed by atoms with Gasteiger partial charge in [-0.1, -0.05) is 37.3 Å². The van der Waals surface area contributed by atoms with Crippen LogP contribution in [0.4, 0.5) is 27.5 Å². The number of benzene rings is 3. The van der Waals surface area contributed by atoms with Gasteiger partial charge in [-0.3, -0.25) is 14.9 Å². The molecule has 9 nitrogen and oxygen atoms in total. The van der Waals surface area contributed by atoms with Crippen molar-refractivity contribution in [3.8, 4) is 0 Å². The second-order valence-electron chi connectivity index (χ2n) is 9.39. The molecule has 3 N–H and O–H groups in total. The van der Waals surface area contributed by atoms with Gasteiger partial charge in [0.1, 0.15) is 0 Å². The maximum absolute atomic E-state index is 13.5. The van der Waals surface area contributed by atoms with Gasteiger partial charge in [0.05, 0.1) is 16.5 Å². The lowest BCUT2D eigenvalue weighted by Gasteiger charge is -2.33. The molecular weight excluding hydrogens is 470 g/mol. The Balaban J connectivity index is 1.53. The number of nitrogens with zero attached hydrogens (tertiary/aromatic N) is 2. The highest BCUT2D eigenvalue weighted by atomic mass is 16.6. The Morgan fingerprint density at radius 1 is 0.946 bits per heavy atom. The fourth-order valence-electron chi connectivity index (χ4n) is 4.38. The molecule has 0 bridgehead atoms. The molecule has 192 valence electrons. The van der Waals surface area contributed by atoms with Crippen molar-refractivity contribution in [2.45, 2.75) is 32.7 Å². The number of rotatable bonds is 7. The molecule has 1 aliphatic rings. The molecule has 1 saturated heterocycles. The Labute approximate surface area is 216 Å². The molecule has 3 amide bonds. The fourth-order valence-corrected chi connectivity index (χ4v) is 4.38. The standard InChI is InChI=1S/C28H31N5O4/c1-19-14-16-32(17-15-19)26-13-10-23(31-28(35)30-22-8-11-24(12-9-22)33(36)37)18-25(26)27(34)29-20(2)21-6-4-3-5-7-21/h3-13,18-20H,14-17H2,1-2H3,(H,29,34)(H2,30,31,35). The first-order chi connectivity index (χ1) is 17.8. The van der Waals surface area contributed by atoms with Crippen LogP contribution in [-0.4, -0.2) is 30.0 Å². The highest BCUT2D eigenvalue weighted by Gasteiger charge is 2.23. The molecule has 3 aromatic carbocycles. The van der Waals surface area contributed by atoms with Gasteiger partial charge in [0, 0.05) is 42.3 Å². The van der Waals surface area contributed by atoms with E-state index in [-0.39, 0.29) is 17.6 Å². The van der Waals surface area contributed by atoms with Crippen LogP contribution in [0.2, 0.25) is 0 Å². The van der Waals surface area contributed by atoms with Gasteiger partial charge in [0.25, 0.3) is 11.6 Å². The lowest BCUT2D eigenvalue weighted by Crippen LogP contribution is -2.35. The maximum Gasteiger partial charge on any atom is 0.323 e. The van der Waals surface area contributed by atoms with E-state index < -0.39 is 11.0 Å². The van der Waals surface area contributed by atoms with Crippen molar-refractivity contribution in [3.05, 3.63) is 94.0 Å². The quantitative estimate of drug-likeness (QED) is 0.273. The Bertz CT molecular complexity index is 1260. The minimum absolute atomic E-state index is 0.0611.